The predicted molar refractivity (Wildman–Crippen MR) is 88.0 cm³/mol. The lowest BCUT2D eigenvalue weighted by Crippen LogP contribution is -2.26. The van der Waals surface area contributed by atoms with Gasteiger partial charge >= 0.3 is 5.97 Å². The number of nitrogens with one attached hydrogen (secondary N) is 1. The summed E-state index contributed by atoms with van der Waals surface area (Å²) in [7, 11) is 0. The van der Waals surface area contributed by atoms with Crippen LogP contribution in [-0.4, -0.2) is 34.3 Å². The second kappa shape index (κ2) is 8.99. The Labute approximate surface area is 138 Å². The first-order valence-corrected chi connectivity index (χ1v) is 8.36. The van der Waals surface area contributed by atoms with Crippen molar-refractivity contribution in [2.75, 3.05) is 12.3 Å². The highest BCUT2D eigenvalue weighted by Gasteiger charge is 2.07. The standard InChI is InChI=1S/C16H18N2O4S/c19-14(17-8-4-7-15(20)21)11-23-10-13-9-22-16(18-13)12-5-2-1-3-6-12/h1-3,5-6,9H,4,7-8,10-11H2,(H,17,19)(H,20,21). The van der Waals surface area contributed by atoms with E-state index in [4.69, 9.17) is 9.52 Å². The molecule has 0 fully saturated rings. The van der Waals surface area contributed by atoms with Crippen LogP contribution in [0.25, 0.3) is 11.5 Å². The normalized spacial score (nSPS) is 10.4. The van der Waals surface area contributed by atoms with Crippen LogP contribution in [-0.2, 0) is 15.3 Å². The van der Waals surface area contributed by atoms with Crippen molar-refractivity contribution < 1.29 is 19.1 Å². The van der Waals surface area contributed by atoms with E-state index in [0.717, 1.165) is 11.3 Å². The van der Waals surface area contributed by atoms with Crippen molar-refractivity contribution in [1.29, 1.82) is 0 Å². The van der Waals surface area contributed by atoms with Gasteiger partial charge < -0.3 is 14.8 Å². The van der Waals surface area contributed by atoms with Gasteiger partial charge in [-0.15, -0.1) is 11.8 Å². The number of amides is 1. The predicted octanol–water partition coefficient (Wildman–Crippen LogP) is 2.56. The Bertz CT molecular complexity index is 643. The van der Waals surface area contributed by atoms with Gasteiger partial charge in [-0.2, -0.15) is 0 Å². The number of carbonyl (C=O) groups is 2. The second-order valence-corrected chi connectivity index (χ2v) is 5.84. The molecule has 6 nitrogen and oxygen atoms in total. The summed E-state index contributed by atoms with van der Waals surface area (Å²) in [6, 6.07) is 9.62. The number of nitrogens with zero attached hydrogens (tertiary/aromatic N) is 1. The quantitative estimate of drug-likeness (QED) is 0.685. The molecule has 1 heterocycles. The number of carboxylic acid groups (broad SMARTS) is 1. The van der Waals surface area contributed by atoms with E-state index in [-0.39, 0.29) is 12.3 Å². The van der Waals surface area contributed by atoms with Crippen molar-refractivity contribution in [2.45, 2.75) is 18.6 Å². The van der Waals surface area contributed by atoms with E-state index in [1.165, 1.54) is 11.8 Å². The molecule has 2 aromatic rings. The number of thioether (sulfide) groups is 1. The van der Waals surface area contributed by atoms with Crippen molar-refractivity contribution in [3.63, 3.8) is 0 Å². The molecule has 0 aliphatic carbocycles. The lowest BCUT2D eigenvalue weighted by atomic mass is 10.2. The Balaban J connectivity index is 1.67. The van der Waals surface area contributed by atoms with Gasteiger partial charge in [0.15, 0.2) is 0 Å². The van der Waals surface area contributed by atoms with Crippen LogP contribution < -0.4 is 5.32 Å². The summed E-state index contributed by atoms with van der Waals surface area (Å²) in [5.74, 6) is 0.500. The van der Waals surface area contributed by atoms with Gasteiger partial charge in [0, 0.05) is 24.3 Å². The van der Waals surface area contributed by atoms with Crippen LogP contribution >= 0.6 is 11.8 Å². The zero-order valence-electron chi connectivity index (χ0n) is 12.5. The van der Waals surface area contributed by atoms with Gasteiger partial charge in [-0.1, -0.05) is 18.2 Å². The zero-order chi connectivity index (χ0) is 16.5. The number of aliphatic carboxylic acids is 1. The molecule has 0 aliphatic heterocycles. The minimum atomic E-state index is -0.853. The summed E-state index contributed by atoms with van der Waals surface area (Å²) in [5.41, 5.74) is 1.70. The zero-order valence-corrected chi connectivity index (χ0v) is 13.3. The average molecular weight is 334 g/mol. The van der Waals surface area contributed by atoms with E-state index in [2.05, 4.69) is 10.3 Å². The first-order valence-electron chi connectivity index (χ1n) is 7.21. The third-order valence-electron chi connectivity index (χ3n) is 2.95. The summed E-state index contributed by atoms with van der Waals surface area (Å²) < 4.78 is 5.43. The third kappa shape index (κ3) is 6.15. The fraction of sp³-hybridized carbons (Fsp3) is 0.312. The SMILES string of the molecule is O=C(O)CCCNC(=O)CSCc1coc(-c2ccccc2)n1. The third-order valence-corrected chi connectivity index (χ3v) is 3.91. The number of rotatable bonds is 9. The summed E-state index contributed by atoms with van der Waals surface area (Å²) in [6.45, 7) is 0.383. The molecular formula is C16H18N2O4S. The lowest BCUT2D eigenvalue weighted by molar-refractivity contribution is -0.137. The summed E-state index contributed by atoms with van der Waals surface area (Å²) >= 11 is 1.44. The number of aromatic nitrogens is 1. The molecule has 0 unspecified atom stereocenters. The number of hydrogen-bond donors (Lipinski definition) is 2. The Hall–Kier alpha value is -2.28. The minimum Gasteiger partial charge on any atom is -0.481 e. The topological polar surface area (TPSA) is 92.4 Å². The Morgan fingerprint density at radius 2 is 2.04 bits per heavy atom. The van der Waals surface area contributed by atoms with E-state index in [1.807, 2.05) is 30.3 Å². The highest BCUT2D eigenvalue weighted by atomic mass is 32.2. The Kier molecular flexibility index (Phi) is 6.68. The van der Waals surface area contributed by atoms with Crippen LogP contribution in [0.4, 0.5) is 0 Å². The number of benzene rings is 1. The number of oxazole rings is 1. The molecule has 1 aromatic heterocycles. The van der Waals surface area contributed by atoms with Gasteiger partial charge in [0.1, 0.15) is 6.26 Å². The molecule has 1 amide bonds. The van der Waals surface area contributed by atoms with Gasteiger partial charge in [-0.25, -0.2) is 4.98 Å². The van der Waals surface area contributed by atoms with Gasteiger partial charge in [0.05, 0.1) is 11.4 Å². The van der Waals surface area contributed by atoms with Crippen LogP contribution in [0.1, 0.15) is 18.5 Å². The minimum absolute atomic E-state index is 0.0641. The van der Waals surface area contributed by atoms with Crippen LogP contribution in [0.15, 0.2) is 41.0 Å². The molecule has 7 heteroatoms. The van der Waals surface area contributed by atoms with Crippen molar-refractivity contribution in [2.24, 2.45) is 0 Å². The molecule has 0 aliphatic rings. The van der Waals surface area contributed by atoms with Gasteiger partial charge in [-0.05, 0) is 18.6 Å². The maximum absolute atomic E-state index is 11.6. The molecule has 0 saturated carbocycles. The van der Waals surface area contributed by atoms with E-state index >= 15 is 0 Å². The van der Waals surface area contributed by atoms with E-state index < -0.39 is 5.97 Å². The van der Waals surface area contributed by atoms with Crippen LogP contribution in [0, 0.1) is 0 Å². The lowest BCUT2D eigenvalue weighted by Gasteiger charge is -2.03. The van der Waals surface area contributed by atoms with E-state index in [1.54, 1.807) is 6.26 Å². The van der Waals surface area contributed by atoms with Gasteiger partial charge in [-0.3, -0.25) is 9.59 Å². The Morgan fingerprint density at radius 1 is 1.26 bits per heavy atom. The fourth-order valence-corrected chi connectivity index (χ4v) is 2.58. The average Bonchev–Trinajstić information content (AvgIpc) is 3.01. The van der Waals surface area contributed by atoms with Crippen LogP contribution in [0.3, 0.4) is 0 Å². The maximum Gasteiger partial charge on any atom is 0.303 e. The van der Waals surface area contributed by atoms with Crippen molar-refractivity contribution in [3.05, 3.63) is 42.3 Å². The van der Waals surface area contributed by atoms with E-state index in [9.17, 15) is 9.59 Å². The molecule has 0 atom stereocenters. The molecule has 1 aromatic carbocycles. The summed E-state index contributed by atoms with van der Waals surface area (Å²) in [4.78, 5) is 26.3. The largest absolute Gasteiger partial charge is 0.481 e. The number of carboxylic acids is 1. The summed E-state index contributed by atoms with van der Waals surface area (Å²) in [5, 5.41) is 11.2. The summed E-state index contributed by atoms with van der Waals surface area (Å²) in [6.07, 6.45) is 2.10. The molecule has 0 spiro atoms. The molecule has 0 bridgehead atoms. The number of hydrogen-bond acceptors (Lipinski definition) is 5. The van der Waals surface area contributed by atoms with E-state index in [0.29, 0.717) is 30.4 Å². The van der Waals surface area contributed by atoms with Gasteiger partial charge in [0.25, 0.3) is 0 Å². The molecular weight excluding hydrogens is 316 g/mol. The smallest absolute Gasteiger partial charge is 0.303 e. The first kappa shape index (κ1) is 17.1. The van der Waals surface area contributed by atoms with Gasteiger partial charge in [0.2, 0.25) is 11.8 Å². The molecule has 122 valence electrons. The van der Waals surface area contributed by atoms with Crippen molar-refractivity contribution >= 4 is 23.6 Å². The van der Waals surface area contributed by atoms with Crippen LogP contribution in [0.2, 0.25) is 0 Å². The number of carbonyl (C=O) groups excluding carboxylic acids is 1. The van der Waals surface area contributed by atoms with Crippen molar-refractivity contribution in [1.82, 2.24) is 10.3 Å². The molecule has 0 saturated heterocycles. The maximum atomic E-state index is 11.6. The molecule has 0 radical (unpaired) electrons. The first-order chi connectivity index (χ1) is 11.1. The Morgan fingerprint density at radius 3 is 2.78 bits per heavy atom. The second-order valence-electron chi connectivity index (χ2n) is 4.85. The molecule has 2 rings (SSSR count). The molecule has 2 N–H and O–H groups in total. The van der Waals surface area contributed by atoms with Crippen molar-refractivity contribution in [3.8, 4) is 11.5 Å². The highest BCUT2D eigenvalue weighted by Crippen LogP contribution is 2.20. The monoisotopic (exact) mass is 334 g/mol. The highest BCUT2D eigenvalue weighted by molar-refractivity contribution is 7.99. The molecule has 23 heavy (non-hydrogen) atoms. The fourth-order valence-electron chi connectivity index (χ4n) is 1.85. The van der Waals surface area contributed by atoms with Crippen LogP contribution in [0.5, 0.6) is 0 Å².